The Labute approximate surface area is 144 Å². The number of benzene rings is 2. The Morgan fingerprint density at radius 3 is 2.56 bits per heavy atom. The van der Waals surface area contributed by atoms with Gasteiger partial charge in [0.1, 0.15) is 13.2 Å². The summed E-state index contributed by atoms with van der Waals surface area (Å²) in [4.78, 5) is 3.03. The van der Waals surface area contributed by atoms with Gasteiger partial charge in [0.25, 0.3) is 0 Å². The van der Waals surface area contributed by atoms with Gasteiger partial charge in [-0.05, 0) is 24.6 Å². The molecule has 1 aliphatic rings. The fourth-order valence-corrected chi connectivity index (χ4v) is 3.35. The van der Waals surface area contributed by atoms with E-state index in [1.165, 1.54) is 0 Å². The summed E-state index contributed by atoms with van der Waals surface area (Å²) in [6.07, 6.45) is 0. The maximum Gasteiger partial charge on any atom is 0.197 e. The van der Waals surface area contributed by atoms with Crippen molar-refractivity contribution in [2.45, 2.75) is 6.92 Å². The minimum absolute atomic E-state index is 0.0904. The second kappa shape index (κ2) is 5.81. The summed E-state index contributed by atoms with van der Waals surface area (Å²) in [6.45, 7) is 3.00. The van der Waals surface area contributed by atoms with Crippen LogP contribution in [0.3, 0.4) is 0 Å². The predicted molar refractivity (Wildman–Crippen MR) is 94.2 cm³/mol. The van der Waals surface area contributed by atoms with Crippen LogP contribution in [0.1, 0.15) is 5.56 Å². The minimum Gasteiger partial charge on any atom is -0.494 e. The Kier molecular flexibility index (Phi) is 3.60. The third-order valence-electron chi connectivity index (χ3n) is 4.48. The molecule has 1 aliphatic heterocycles. The zero-order valence-corrected chi connectivity index (χ0v) is 14.3. The molecular weight excluding hydrogens is 322 g/mol. The van der Waals surface area contributed by atoms with Crippen LogP contribution in [0.4, 0.5) is 0 Å². The number of aromatic hydroxyl groups is 1. The molecule has 0 atom stereocenters. The van der Waals surface area contributed by atoms with Gasteiger partial charge in [-0.3, -0.25) is 0 Å². The molecule has 0 amide bonds. The van der Waals surface area contributed by atoms with Gasteiger partial charge in [0.15, 0.2) is 28.9 Å². The number of rotatable bonds is 3. The van der Waals surface area contributed by atoms with E-state index in [2.05, 4.69) is 4.98 Å². The van der Waals surface area contributed by atoms with Crippen LogP contribution in [0.25, 0.3) is 22.0 Å². The van der Waals surface area contributed by atoms with Crippen molar-refractivity contribution in [2.24, 2.45) is 0 Å². The molecule has 3 aromatic rings. The zero-order chi connectivity index (χ0) is 17.6. The number of hydrogen-bond donors (Lipinski definition) is 2. The SMILES string of the molecule is COc1ccc(-c2c(O)[nH]c3cc4c(c(C)c23)OCCO4)cc1OC. The van der Waals surface area contributed by atoms with Gasteiger partial charge in [-0.25, -0.2) is 0 Å². The lowest BCUT2D eigenvalue weighted by Crippen LogP contribution is -2.16. The lowest BCUT2D eigenvalue weighted by Gasteiger charge is -2.21. The molecule has 6 nitrogen and oxygen atoms in total. The van der Waals surface area contributed by atoms with Gasteiger partial charge in [-0.2, -0.15) is 0 Å². The summed E-state index contributed by atoms with van der Waals surface area (Å²) < 4.78 is 22.1. The van der Waals surface area contributed by atoms with Crippen molar-refractivity contribution in [3.8, 4) is 40.0 Å². The van der Waals surface area contributed by atoms with Crippen LogP contribution in [0.5, 0.6) is 28.9 Å². The van der Waals surface area contributed by atoms with Gasteiger partial charge >= 0.3 is 0 Å². The highest BCUT2D eigenvalue weighted by molar-refractivity contribution is 6.03. The standard InChI is InChI=1S/C19H19NO5/c1-10-16-12(9-15-18(10)25-7-6-24-15)20-19(21)17(16)11-4-5-13(22-2)14(8-11)23-3/h4-5,8-9,20-21H,6-7H2,1-3H3. The number of aromatic nitrogens is 1. The lowest BCUT2D eigenvalue weighted by molar-refractivity contribution is 0.171. The normalized spacial score (nSPS) is 13.1. The van der Waals surface area contributed by atoms with Crippen molar-refractivity contribution in [1.82, 2.24) is 4.98 Å². The number of nitrogens with one attached hydrogen (secondary N) is 1. The molecule has 130 valence electrons. The fraction of sp³-hybridized carbons (Fsp3) is 0.263. The van der Waals surface area contributed by atoms with Crippen molar-refractivity contribution in [1.29, 1.82) is 0 Å². The molecule has 2 heterocycles. The molecule has 2 N–H and O–H groups in total. The first-order valence-corrected chi connectivity index (χ1v) is 8.00. The summed E-state index contributed by atoms with van der Waals surface area (Å²) >= 11 is 0. The summed E-state index contributed by atoms with van der Waals surface area (Å²) in [7, 11) is 3.18. The van der Waals surface area contributed by atoms with Gasteiger partial charge in [0.05, 0.1) is 25.3 Å². The van der Waals surface area contributed by atoms with Crippen LogP contribution < -0.4 is 18.9 Å². The number of ether oxygens (including phenoxy) is 4. The molecule has 0 saturated carbocycles. The topological polar surface area (TPSA) is 72.9 Å². The Morgan fingerprint density at radius 1 is 1.04 bits per heavy atom. The smallest absolute Gasteiger partial charge is 0.197 e. The van der Waals surface area contributed by atoms with Crippen molar-refractivity contribution in [2.75, 3.05) is 27.4 Å². The summed E-state index contributed by atoms with van der Waals surface area (Å²) in [6, 6.07) is 7.41. The Balaban J connectivity index is 1.97. The highest BCUT2D eigenvalue weighted by atomic mass is 16.6. The number of H-pyrrole nitrogens is 1. The van der Waals surface area contributed by atoms with Crippen LogP contribution in [-0.2, 0) is 0 Å². The second-order valence-electron chi connectivity index (χ2n) is 5.87. The average Bonchev–Trinajstić information content (AvgIpc) is 2.97. The summed E-state index contributed by atoms with van der Waals surface area (Å²) in [5.74, 6) is 2.74. The average molecular weight is 341 g/mol. The minimum atomic E-state index is 0.0904. The van der Waals surface area contributed by atoms with E-state index in [9.17, 15) is 5.11 Å². The molecule has 1 aromatic heterocycles. The van der Waals surface area contributed by atoms with Crippen LogP contribution in [0, 0.1) is 6.92 Å². The molecule has 0 radical (unpaired) electrons. The predicted octanol–water partition coefficient (Wildman–Crippen LogP) is 3.64. The molecule has 0 unspecified atom stereocenters. The number of hydrogen-bond acceptors (Lipinski definition) is 5. The molecule has 0 aliphatic carbocycles. The molecule has 25 heavy (non-hydrogen) atoms. The molecule has 0 spiro atoms. The molecule has 2 aromatic carbocycles. The first-order chi connectivity index (χ1) is 12.1. The van der Waals surface area contributed by atoms with Gasteiger partial charge < -0.3 is 29.0 Å². The number of aryl methyl sites for hydroxylation is 1. The summed E-state index contributed by atoms with van der Waals surface area (Å²) in [5.41, 5.74) is 3.24. The second-order valence-corrected chi connectivity index (χ2v) is 5.87. The highest BCUT2D eigenvalue weighted by Gasteiger charge is 2.23. The Hall–Kier alpha value is -3.02. The van der Waals surface area contributed by atoms with Gasteiger partial charge in [0, 0.05) is 17.0 Å². The third kappa shape index (κ3) is 2.33. The third-order valence-corrected chi connectivity index (χ3v) is 4.48. The van der Waals surface area contributed by atoms with Crippen molar-refractivity contribution >= 4 is 10.9 Å². The van der Waals surface area contributed by atoms with E-state index in [0.29, 0.717) is 36.0 Å². The lowest BCUT2D eigenvalue weighted by atomic mass is 9.99. The maximum atomic E-state index is 10.5. The summed E-state index contributed by atoms with van der Waals surface area (Å²) in [5, 5.41) is 11.4. The van der Waals surface area contributed by atoms with Crippen LogP contribution in [0.2, 0.25) is 0 Å². The van der Waals surface area contributed by atoms with Gasteiger partial charge in [-0.1, -0.05) is 6.07 Å². The molecule has 4 rings (SSSR count). The number of aromatic amines is 1. The van der Waals surface area contributed by atoms with E-state index in [1.54, 1.807) is 14.2 Å². The molecule has 0 saturated heterocycles. The van der Waals surface area contributed by atoms with E-state index in [0.717, 1.165) is 27.8 Å². The Bertz CT molecular complexity index is 960. The van der Waals surface area contributed by atoms with E-state index >= 15 is 0 Å². The highest BCUT2D eigenvalue weighted by Crippen LogP contribution is 2.46. The van der Waals surface area contributed by atoms with Crippen molar-refractivity contribution in [3.05, 3.63) is 29.8 Å². The molecule has 0 fully saturated rings. The maximum absolute atomic E-state index is 10.5. The van der Waals surface area contributed by atoms with Crippen molar-refractivity contribution in [3.63, 3.8) is 0 Å². The fourth-order valence-electron chi connectivity index (χ4n) is 3.35. The number of methoxy groups -OCH3 is 2. The molecular formula is C19H19NO5. The van der Waals surface area contributed by atoms with Crippen LogP contribution >= 0.6 is 0 Å². The largest absolute Gasteiger partial charge is 0.494 e. The van der Waals surface area contributed by atoms with Gasteiger partial charge in [0.2, 0.25) is 0 Å². The number of fused-ring (bicyclic) bond motifs is 2. The quantitative estimate of drug-likeness (QED) is 0.761. The molecule has 0 bridgehead atoms. The molecule has 6 heteroatoms. The van der Waals surface area contributed by atoms with Crippen molar-refractivity contribution < 1.29 is 24.1 Å². The Morgan fingerprint density at radius 2 is 1.80 bits per heavy atom. The van der Waals surface area contributed by atoms with E-state index < -0.39 is 0 Å². The van der Waals surface area contributed by atoms with E-state index in [4.69, 9.17) is 18.9 Å². The van der Waals surface area contributed by atoms with Gasteiger partial charge in [-0.15, -0.1) is 0 Å². The van der Waals surface area contributed by atoms with Crippen LogP contribution in [-0.4, -0.2) is 37.5 Å². The van der Waals surface area contributed by atoms with E-state index in [1.807, 2.05) is 31.2 Å². The first kappa shape index (κ1) is 15.5. The zero-order valence-electron chi connectivity index (χ0n) is 14.3. The van der Waals surface area contributed by atoms with Crippen LogP contribution in [0.15, 0.2) is 24.3 Å². The monoisotopic (exact) mass is 341 g/mol. The van der Waals surface area contributed by atoms with E-state index in [-0.39, 0.29) is 5.88 Å². The first-order valence-electron chi connectivity index (χ1n) is 8.00.